The van der Waals surface area contributed by atoms with Crippen LogP contribution in [0.25, 0.3) is 22.9 Å². The van der Waals surface area contributed by atoms with Gasteiger partial charge in [-0.3, -0.25) is 0 Å². The molecular formula is C24H23FO4. The van der Waals surface area contributed by atoms with Crippen LogP contribution in [0.1, 0.15) is 24.0 Å². The third-order valence-corrected chi connectivity index (χ3v) is 5.03. The SMILES string of the molecule is OCC1CC(O)CC(Oc2c(/C=C/c3ccc(F)cc3)ccc3ccccc23)O1. The maximum Gasteiger partial charge on any atom is 0.202 e. The average Bonchev–Trinajstić information content (AvgIpc) is 2.74. The van der Waals surface area contributed by atoms with Crippen LogP contribution in [0, 0.1) is 5.82 Å². The molecule has 1 saturated heterocycles. The van der Waals surface area contributed by atoms with Crippen LogP contribution < -0.4 is 4.74 Å². The lowest BCUT2D eigenvalue weighted by molar-refractivity contribution is -0.184. The van der Waals surface area contributed by atoms with E-state index in [1.807, 2.05) is 48.6 Å². The van der Waals surface area contributed by atoms with E-state index in [0.29, 0.717) is 18.6 Å². The van der Waals surface area contributed by atoms with Gasteiger partial charge >= 0.3 is 0 Å². The molecule has 1 heterocycles. The lowest BCUT2D eigenvalue weighted by Gasteiger charge is -2.32. The van der Waals surface area contributed by atoms with Crippen molar-refractivity contribution in [1.29, 1.82) is 0 Å². The molecular weight excluding hydrogens is 371 g/mol. The molecule has 0 amide bonds. The highest BCUT2D eigenvalue weighted by molar-refractivity contribution is 5.93. The number of ether oxygens (including phenoxy) is 2. The Hall–Kier alpha value is -2.73. The summed E-state index contributed by atoms with van der Waals surface area (Å²) >= 11 is 0. The summed E-state index contributed by atoms with van der Waals surface area (Å²) in [6, 6.07) is 18.1. The highest BCUT2D eigenvalue weighted by Crippen LogP contribution is 2.34. The van der Waals surface area contributed by atoms with Gasteiger partial charge in [0.2, 0.25) is 6.29 Å². The van der Waals surface area contributed by atoms with Gasteiger partial charge in [0.05, 0.1) is 18.8 Å². The highest BCUT2D eigenvalue weighted by atomic mass is 19.1. The van der Waals surface area contributed by atoms with Gasteiger partial charge in [-0.25, -0.2) is 4.39 Å². The fourth-order valence-electron chi connectivity index (χ4n) is 3.56. The Morgan fingerprint density at radius 3 is 2.59 bits per heavy atom. The number of fused-ring (bicyclic) bond motifs is 1. The molecule has 0 saturated carbocycles. The number of rotatable bonds is 5. The van der Waals surface area contributed by atoms with Gasteiger partial charge in [0.15, 0.2) is 0 Å². The number of aliphatic hydroxyl groups is 2. The molecule has 5 heteroatoms. The first-order chi connectivity index (χ1) is 14.1. The van der Waals surface area contributed by atoms with Gasteiger partial charge in [-0.05, 0) is 23.1 Å². The van der Waals surface area contributed by atoms with Crippen molar-refractivity contribution in [2.24, 2.45) is 0 Å². The first-order valence-corrected chi connectivity index (χ1v) is 9.69. The summed E-state index contributed by atoms with van der Waals surface area (Å²) in [4.78, 5) is 0. The van der Waals surface area contributed by atoms with E-state index in [0.717, 1.165) is 21.9 Å². The van der Waals surface area contributed by atoms with Crippen molar-refractivity contribution >= 4 is 22.9 Å². The lowest BCUT2D eigenvalue weighted by Crippen LogP contribution is -2.40. The summed E-state index contributed by atoms with van der Waals surface area (Å²) in [5.74, 6) is 0.376. The molecule has 0 bridgehead atoms. The summed E-state index contributed by atoms with van der Waals surface area (Å²) in [5, 5.41) is 21.5. The minimum Gasteiger partial charge on any atom is -0.464 e. The minimum atomic E-state index is -0.653. The molecule has 2 N–H and O–H groups in total. The van der Waals surface area contributed by atoms with Crippen LogP contribution in [0.5, 0.6) is 5.75 Å². The van der Waals surface area contributed by atoms with Gasteiger partial charge in [-0.15, -0.1) is 0 Å². The zero-order valence-corrected chi connectivity index (χ0v) is 15.9. The molecule has 1 aliphatic heterocycles. The summed E-state index contributed by atoms with van der Waals surface area (Å²) in [6.07, 6.45) is 2.85. The zero-order valence-electron chi connectivity index (χ0n) is 15.9. The topological polar surface area (TPSA) is 58.9 Å². The van der Waals surface area contributed by atoms with Gasteiger partial charge in [0.25, 0.3) is 0 Å². The second-order valence-corrected chi connectivity index (χ2v) is 7.20. The van der Waals surface area contributed by atoms with Gasteiger partial charge in [-0.2, -0.15) is 0 Å². The van der Waals surface area contributed by atoms with Crippen LogP contribution in [0.3, 0.4) is 0 Å². The van der Waals surface area contributed by atoms with Gasteiger partial charge in [0.1, 0.15) is 11.6 Å². The first kappa shape index (κ1) is 19.6. The Balaban J connectivity index is 1.68. The molecule has 3 unspecified atom stereocenters. The van der Waals surface area contributed by atoms with E-state index >= 15 is 0 Å². The maximum absolute atomic E-state index is 13.1. The Bertz CT molecular complexity index is 999. The Kier molecular flexibility index (Phi) is 5.90. The normalized spacial score (nSPS) is 22.2. The molecule has 29 heavy (non-hydrogen) atoms. The van der Waals surface area contributed by atoms with Gasteiger partial charge < -0.3 is 19.7 Å². The third-order valence-electron chi connectivity index (χ3n) is 5.03. The highest BCUT2D eigenvalue weighted by Gasteiger charge is 2.30. The van der Waals surface area contributed by atoms with Crippen LogP contribution in [0.15, 0.2) is 60.7 Å². The monoisotopic (exact) mass is 394 g/mol. The van der Waals surface area contributed by atoms with Crippen molar-refractivity contribution in [2.45, 2.75) is 31.3 Å². The number of aliphatic hydroxyl groups excluding tert-OH is 2. The molecule has 150 valence electrons. The fraction of sp³-hybridized carbons (Fsp3) is 0.250. The molecule has 4 nitrogen and oxygen atoms in total. The quantitative estimate of drug-likeness (QED) is 0.631. The van der Waals surface area contributed by atoms with Crippen molar-refractivity contribution in [1.82, 2.24) is 0 Å². The second-order valence-electron chi connectivity index (χ2n) is 7.20. The lowest BCUT2D eigenvalue weighted by atomic mass is 10.0. The largest absolute Gasteiger partial charge is 0.464 e. The molecule has 0 spiro atoms. The van der Waals surface area contributed by atoms with Crippen LogP contribution >= 0.6 is 0 Å². The molecule has 3 atom stereocenters. The molecule has 1 aliphatic rings. The zero-order chi connectivity index (χ0) is 20.2. The van der Waals surface area contributed by atoms with Crippen molar-refractivity contribution in [3.63, 3.8) is 0 Å². The van der Waals surface area contributed by atoms with Crippen LogP contribution in [-0.2, 0) is 4.74 Å². The van der Waals surface area contributed by atoms with E-state index in [2.05, 4.69) is 0 Å². The molecule has 4 rings (SSSR count). The van der Waals surface area contributed by atoms with E-state index in [9.17, 15) is 14.6 Å². The Labute approximate surface area is 168 Å². The molecule has 1 fully saturated rings. The smallest absolute Gasteiger partial charge is 0.202 e. The summed E-state index contributed by atoms with van der Waals surface area (Å²) < 4.78 is 25.1. The molecule has 3 aromatic rings. The Morgan fingerprint density at radius 1 is 1.00 bits per heavy atom. The number of benzene rings is 3. The van der Waals surface area contributed by atoms with E-state index in [-0.39, 0.29) is 12.4 Å². The van der Waals surface area contributed by atoms with E-state index < -0.39 is 18.5 Å². The van der Waals surface area contributed by atoms with Crippen molar-refractivity contribution in [2.75, 3.05) is 6.61 Å². The molecule has 0 aromatic heterocycles. The van der Waals surface area contributed by atoms with E-state index in [4.69, 9.17) is 9.47 Å². The minimum absolute atomic E-state index is 0.163. The van der Waals surface area contributed by atoms with E-state index in [1.54, 1.807) is 12.1 Å². The summed E-state index contributed by atoms with van der Waals surface area (Å²) in [6.45, 7) is -0.163. The summed E-state index contributed by atoms with van der Waals surface area (Å²) in [5.41, 5.74) is 1.72. The van der Waals surface area contributed by atoms with Crippen LogP contribution in [0.4, 0.5) is 4.39 Å². The molecule has 0 aliphatic carbocycles. The first-order valence-electron chi connectivity index (χ1n) is 9.69. The van der Waals surface area contributed by atoms with Crippen LogP contribution in [-0.4, -0.2) is 35.3 Å². The van der Waals surface area contributed by atoms with Crippen LogP contribution in [0.2, 0.25) is 0 Å². The fourth-order valence-corrected chi connectivity index (χ4v) is 3.56. The van der Waals surface area contributed by atoms with Crippen molar-refractivity contribution in [3.05, 3.63) is 77.6 Å². The molecule has 3 aromatic carbocycles. The molecule has 0 radical (unpaired) electrons. The van der Waals surface area contributed by atoms with Crippen molar-refractivity contribution in [3.8, 4) is 5.75 Å². The predicted molar refractivity (Wildman–Crippen MR) is 111 cm³/mol. The Morgan fingerprint density at radius 2 is 1.79 bits per heavy atom. The van der Waals surface area contributed by atoms with Gasteiger partial charge in [0, 0.05) is 23.8 Å². The average molecular weight is 394 g/mol. The predicted octanol–water partition coefficient (Wildman–Crippen LogP) is 4.39. The van der Waals surface area contributed by atoms with E-state index in [1.165, 1.54) is 12.1 Å². The summed E-state index contributed by atoms with van der Waals surface area (Å²) in [7, 11) is 0. The number of hydrogen-bond acceptors (Lipinski definition) is 4. The van der Waals surface area contributed by atoms with Crippen molar-refractivity contribution < 1.29 is 24.1 Å². The maximum atomic E-state index is 13.1. The number of halogens is 1. The standard InChI is InChI=1S/C24H23FO4/c25-19-11-6-16(7-12-19)5-8-18-10-9-17-3-1-2-4-22(17)24(18)29-23-14-20(27)13-21(15-26)28-23/h1-12,20-21,23,26-27H,13-15H2/b8-5+. The third kappa shape index (κ3) is 4.65. The second kappa shape index (κ2) is 8.74. The van der Waals surface area contributed by atoms with Gasteiger partial charge in [-0.1, -0.05) is 60.7 Å². The number of hydrogen-bond donors (Lipinski definition) is 2.